The third kappa shape index (κ3) is 4.14. The molecule has 1 aliphatic heterocycles. The summed E-state index contributed by atoms with van der Waals surface area (Å²) in [6.45, 7) is -0.468. The summed E-state index contributed by atoms with van der Waals surface area (Å²) in [6, 6.07) is 9.95. The number of ether oxygens (including phenoxy) is 1. The molecule has 1 fully saturated rings. The number of aromatic nitrogens is 1. The van der Waals surface area contributed by atoms with Gasteiger partial charge in [-0.3, -0.25) is 9.35 Å². The molecule has 10 heteroatoms. The minimum absolute atomic E-state index is 0.0424. The van der Waals surface area contributed by atoms with Gasteiger partial charge in [-0.25, -0.2) is 0 Å². The number of fused-ring (bicyclic) bond motifs is 2. The number of nitrogens with zero attached hydrogens (tertiary/aromatic N) is 1. The van der Waals surface area contributed by atoms with Crippen LogP contribution in [0.15, 0.2) is 41.2 Å². The molecule has 1 aromatic heterocycles. The van der Waals surface area contributed by atoms with E-state index in [9.17, 15) is 26.5 Å². The molecule has 33 heavy (non-hydrogen) atoms. The van der Waals surface area contributed by atoms with E-state index in [-0.39, 0.29) is 34.4 Å². The minimum atomic E-state index is -4.46. The van der Waals surface area contributed by atoms with Crippen molar-refractivity contribution >= 4 is 21.0 Å². The van der Waals surface area contributed by atoms with Crippen LogP contribution < -0.4 is 15.5 Å². The van der Waals surface area contributed by atoms with Crippen LogP contribution in [0.3, 0.4) is 0 Å². The molecule has 3 aromatic rings. The lowest BCUT2D eigenvalue weighted by atomic mass is 9.96. The Labute approximate surface area is 188 Å². The summed E-state index contributed by atoms with van der Waals surface area (Å²) in [5.41, 5.74) is 2.83. The SMILES string of the molecule is C[C@H]1NCc2cc(-c3ccc4c(=O)cc(CS(=O)(=O)O)n(C5CC5)c4c3OC(F)F)ccc21. The first-order valence-corrected chi connectivity index (χ1v) is 12.2. The van der Waals surface area contributed by atoms with Crippen molar-refractivity contribution in [1.29, 1.82) is 0 Å². The summed E-state index contributed by atoms with van der Waals surface area (Å²) in [6.07, 6.45) is 1.38. The molecule has 0 bridgehead atoms. The van der Waals surface area contributed by atoms with Gasteiger partial charge in [-0.05, 0) is 54.7 Å². The predicted octanol–water partition coefficient (Wildman–Crippen LogP) is 4.16. The van der Waals surface area contributed by atoms with Crippen LogP contribution >= 0.6 is 0 Å². The normalized spacial score (nSPS) is 18.2. The average Bonchev–Trinajstić information content (AvgIpc) is 3.49. The number of hydrogen-bond acceptors (Lipinski definition) is 5. The second kappa shape index (κ2) is 7.89. The number of alkyl halides is 2. The van der Waals surface area contributed by atoms with Gasteiger partial charge in [0.15, 0.2) is 11.2 Å². The van der Waals surface area contributed by atoms with Crippen molar-refractivity contribution in [2.24, 2.45) is 0 Å². The average molecular weight is 477 g/mol. The molecule has 2 heterocycles. The predicted molar refractivity (Wildman–Crippen MR) is 119 cm³/mol. The smallest absolute Gasteiger partial charge is 0.387 e. The molecule has 2 aliphatic rings. The Hall–Kier alpha value is -2.82. The van der Waals surface area contributed by atoms with Crippen LogP contribution in [0, 0.1) is 0 Å². The molecule has 2 N–H and O–H groups in total. The summed E-state index contributed by atoms with van der Waals surface area (Å²) in [5.74, 6) is -0.974. The van der Waals surface area contributed by atoms with Crippen molar-refractivity contribution in [2.75, 3.05) is 0 Å². The largest absolute Gasteiger partial charge is 0.432 e. The van der Waals surface area contributed by atoms with Crippen molar-refractivity contribution in [3.63, 3.8) is 0 Å². The Bertz CT molecular complexity index is 1430. The number of hydrogen-bond donors (Lipinski definition) is 2. The molecule has 0 saturated heterocycles. The summed E-state index contributed by atoms with van der Waals surface area (Å²) in [7, 11) is -4.46. The van der Waals surface area contributed by atoms with E-state index in [0.717, 1.165) is 17.2 Å². The van der Waals surface area contributed by atoms with E-state index in [2.05, 4.69) is 5.32 Å². The molecule has 0 spiro atoms. The highest BCUT2D eigenvalue weighted by atomic mass is 32.2. The molecule has 5 rings (SSSR count). The second-order valence-corrected chi connectivity index (χ2v) is 10.0. The molecule has 0 radical (unpaired) electrons. The highest BCUT2D eigenvalue weighted by molar-refractivity contribution is 7.85. The highest BCUT2D eigenvalue weighted by Crippen LogP contribution is 2.44. The fraction of sp³-hybridized carbons (Fsp3) is 0.348. The number of rotatable bonds is 6. The van der Waals surface area contributed by atoms with E-state index < -0.39 is 27.9 Å². The lowest BCUT2D eigenvalue weighted by molar-refractivity contribution is -0.0486. The van der Waals surface area contributed by atoms with E-state index in [1.807, 2.05) is 25.1 Å². The molecule has 1 aliphatic carbocycles. The standard InChI is InChI=1S/C23H22F2N2O5S/c1-12-17-5-2-13(8-14(17)10-26-12)18-6-7-19-20(28)9-16(11-33(29,30)31)27(15-3-4-15)21(19)22(18)32-23(24)25/h2,5-9,12,15,23,26H,3-4,10-11H2,1H3,(H,29,30,31)/t12-/m1/s1. The van der Waals surface area contributed by atoms with Crippen molar-refractivity contribution in [3.8, 4) is 16.9 Å². The van der Waals surface area contributed by atoms with Gasteiger partial charge in [0.2, 0.25) is 0 Å². The fourth-order valence-corrected chi connectivity index (χ4v) is 5.25. The summed E-state index contributed by atoms with van der Waals surface area (Å²) in [5, 5.41) is 3.48. The van der Waals surface area contributed by atoms with Crippen LogP contribution in [0.2, 0.25) is 0 Å². The fourth-order valence-electron chi connectivity index (χ4n) is 4.66. The first-order chi connectivity index (χ1) is 15.6. The van der Waals surface area contributed by atoms with Gasteiger partial charge in [-0.1, -0.05) is 12.1 Å². The Kier molecular flexibility index (Phi) is 5.26. The molecule has 2 aromatic carbocycles. The van der Waals surface area contributed by atoms with E-state index in [1.165, 1.54) is 0 Å². The molecule has 1 saturated carbocycles. The first kappa shape index (κ1) is 22.0. The van der Waals surface area contributed by atoms with Gasteiger partial charge in [0.1, 0.15) is 5.75 Å². The number of nitrogens with one attached hydrogen (secondary N) is 1. The van der Waals surface area contributed by atoms with Crippen molar-refractivity contribution in [3.05, 3.63) is 63.4 Å². The maximum Gasteiger partial charge on any atom is 0.387 e. The zero-order valence-electron chi connectivity index (χ0n) is 17.7. The first-order valence-electron chi connectivity index (χ1n) is 10.6. The van der Waals surface area contributed by atoms with Crippen LogP contribution in [0.5, 0.6) is 5.75 Å². The number of pyridine rings is 1. The summed E-state index contributed by atoms with van der Waals surface area (Å²) in [4.78, 5) is 12.8. The topological polar surface area (TPSA) is 97.6 Å². The second-order valence-electron chi connectivity index (χ2n) is 8.56. The molecule has 7 nitrogen and oxygen atoms in total. The van der Waals surface area contributed by atoms with Gasteiger partial charge < -0.3 is 14.6 Å². The Morgan fingerprint density at radius 1 is 1.21 bits per heavy atom. The molecule has 174 valence electrons. The van der Waals surface area contributed by atoms with Gasteiger partial charge in [-0.2, -0.15) is 17.2 Å². The van der Waals surface area contributed by atoms with Crippen LogP contribution in [-0.4, -0.2) is 24.1 Å². The lowest BCUT2D eigenvalue weighted by Crippen LogP contribution is -2.18. The maximum absolute atomic E-state index is 13.6. The highest BCUT2D eigenvalue weighted by Gasteiger charge is 2.31. The van der Waals surface area contributed by atoms with Gasteiger partial charge in [0.25, 0.3) is 10.1 Å². The lowest BCUT2D eigenvalue weighted by Gasteiger charge is -2.21. The van der Waals surface area contributed by atoms with Crippen LogP contribution in [0.25, 0.3) is 22.0 Å². The monoisotopic (exact) mass is 476 g/mol. The Balaban J connectivity index is 1.81. The quantitative estimate of drug-likeness (QED) is 0.519. The van der Waals surface area contributed by atoms with Crippen LogP contribution in [-0.2, 0) is 22.4 Å². The number of halogens is 2. The Morgan fingerprint density at radius 3 is 2.64 bits per heavy atom. The number of benzene rings is 2. The van der Waals surface area contributed by atoms with E-state index in [0.29, 0.717) is 30.5 Å². The van der Waals surface area contributed by atoms with Crippen molar-refractivity contribution in [2.45, 2.75) is 50.8 Å². The van der Waals surface area contributed by atoms with Gasteiger partial charge in [0.05, 0.1) is 5.52 Å². The van der Waals surface area contributed by atoms with Gasteiger partial charge in [-0.15, -0.1) is 0 Å². The molecular weight excluding hydrogens is 454 g/mol. The third-order valence-electron chi connectivity index (χ3n) is 6.21. The van der Waals surface area contributed by atoms with E-state index in [4.69, 9.17) is 4.74 Å². The summed E-state index contributed by atoms with van der Waals surface area (Å²) < 4.78 is 66.4. The van der Waals surface area contributed by atoms with Crippen LogP contribution in [0.1, 0.15) is 48.7 Å². The molecule has 0 unspecified atom stereocenters. The van der Waals surface area contributed by atoms with Crippen molar-refractivity contribution in [1.82, 2.24) is 9.88 Å². The molecule has 1 atom stereocenters. The van der Waals surface area contributed by atoms with Gasteiger partial charge in [0, 0.05) is 41.3 Å². The zero-order chi connectivity index (χ0) is 23.5. The zero-order valence-corrected chi connectivity index (χ0v) is 18.5. The third-order valence-corrected chi connectivity index (χ3v) is 6.87. The molecular formula is C23H22F2N2O5S. The van der Waals surface area contributed by atoms with Crippen LogP contribution in [0.4, 0.5) is 8.78 Å². The van der Waals surface area contributed by atoms with E-state index in [1.54, 1.807) is 16.7 Å². The van der Waals surface area contributed by atoms with E-state index >= 15 is 0 Å². The van der Waals surface area contributed by atoms with Gasteiger partial charge >= 0.3 is 6.61 Å². The Morgan fingerprint density at radius 2 is 1.97 bits per heavy atom. The van der Waals surface area contributed by atoms with Crippen molar-refractivity contribution < 1.29 is 26.5 Å². The molecule has 0 amide bonds. The minimum Gasteiger partial charge on any atom is -0.432 e. The summed E-state index contributed by atoms with van der Waals surface area (Å²) >= 11 is 0. The maximum atomic E-state index is 13.6.